The number of amides is 2. The summed E-state index contributed by atoms with van der Waals surface area (Å²) in [6, 6.07) is 5.96. The number of rotatable bonds is 8. The van der Waals surface area contributed by atoms with Crippen molar-refractivity contribution in [3.63, 3.8) is 0 Å². The maximum absolute atomic E-state index is 12.8. The molecule has 1 aromatic heterocycles. The van der Waals surface area contributed by atoms with Crippen LogP contribution in [0.25, 0.3) is 0 Å². The Kier molecular flexibility index (Phi) is 7.00. The van der Waals surface area contributed by atoms with Crippen LogP contribution < -0.4 is 11.1 Å². The number of nitrogens with zero attached hydrogens (tertiary/aromatic N) is 2. The monoisotopic (exact) mass is 386 g/mol. The topological polar surface area (TPSA) is 98.0 Å². The smallest absolute Gasteiger partial charge is 0.233 e. The highest BCUT2D eigenvalue weighted by atomic mass is 32.2. The molecule has 10 heteroatoms. The van der Waals surface area contributed by atoms with Crippen LogP contribution in [-0.2, 0) is 16.1 Å². The van der Waals surface area contributed by atoms with Crippen LogP contribution in [-0.4, -0.2) is 33.0 Å². The second-order valence-corrected chi connectivity index (χ2v) is 8.48. The summed E-state index contributed by atoms with van der Waals surface area (Å²) < 4.78 is 14.1. The van der Waals surface area contributed by atoms with Gasteiger partial charge in [0.1, 0.15) is 5.82 Å². The molecule has 0 saturated carbocycles. The summed E-state index contributed by atoms with van der Waals surface area (Å²) in [6.07, 6.45) is 0. The Hall–Kier alpha value is -1.65. The Bertz CT molecular complexity index is 708. The second-order valence-electron chi connectivity index (χ2n) is 4.69. The Morgan fingerprint density at radius 2 is 1.96 bits per heavy atom. The van der Waals surface area contributed by atoms with Gasteiger partial charge in [-0.15, -0.1) is 10.2 Å². The first kappa shape index (κ1) is 18.7. The fourth-order valence-corrected chi connectivity index (χ4v) is 4.50. The zero-order chi connectivity index (χ0) is 17.5. The minimum atomic E-state index is -0.419. The third kappa shape index (κ3) is 6.10. The summed E-state index contributed by atoms with van der Waals surface area (Å²) >= 11 is 3.82. The molecule has 0 spiro atoms. The fraction of sp³-hybridized carbons (Fsp3) is 0.286. The molecule has 0 bridgehead atoms. The highest BCUT2D eigenvalue weighted by Crippen LogP contribution is 2.31. The van der Waals surface area contributed by atoms with Gasteiger partial charge in [0.05, 0.1) is 11.0 Å². The number of hydrogen-bond acceptors (Lipinski definition) is 7. The van der Waals surface area contributed by atoms with Gasteiger partial charge < -0.3 is 11.1 Å². The molecule has 0 aliphatic rings. The van der Waals surface area contributed by atoms with Gasteiger partial charge in [-0.05, 0) is 24.6 Å². The van der Waals surface area contributed by atoms with E-state index in [1.54, 1.807) is 19.1 Å². The lowest BCUT2D eigenvalue weighted by atomic mass is 10.2. The molecule has 1 aromatic carbocycles. The van der Waals surface area contributed by atoms with Crippen LogP contribution in [0.4, 0.5) is 4.39 Å². The number of thioether (sulfide) groups is 2. The molecule has 0 unspecified atom stereocenters. The number of benzene rings is 1. The molecule has 6 nitrogen and oxygen atoms in total. The number of hydrogen-bond donors (Lipinski definition) is 2. The number of halogens is 1. The number of primary amides is 1. The van der Waals surface area contributed by atoms with E-state index in [2.05, 4.69) is 15.5 Å². The van der Waals surface area contributed by atoms with E-state index >= 15 is 0 Å². The Morgan fingerprint density at radius 3 is 2.62 bits per heavy atom. The van der Waals surface area contributed by atoms with E-state index < -0.39 is 5.91 Å². The van der Waals surface area contributed by atoms with E-state index in [1.165, 1.54) is 47.0 Å². The van der Waals surface area contributed by atoms with Gasteiger partial charge in [-0.3, -0.25) is 9.59 Å². The van der Waals surface area contributed by atoms with Gasteiger partial charge in [-0.25, -0.2) is 4.39 Å². The molecular formula is C14H15FN4O2S3. The minimum Gasteiger partial charge on any atom is -0.369 e. The Balaban J connectivity index is 1.80. The Morgan fingerprint density at radius 1 is 1.29 bits per heavy atom. The maximum atomic E-state index is 12.8. The van der Waals surface area contributed by atoms with Gasteiger partial charge in [0.15, 0.2) is 8.68 Å². The fourth-order valence-electron chi connectivity index (χ4n) is 1.58. The van der Waals surface area contributed by atoms with Crippen molar-refractivity contribution in [2.45, 2.75) is 27.4 Å². The quantitative estimate of drug-likeness (QED) is 0.674. The molecule has 0 aliphatic carbocycles. The molecular weight excluding hydrogens is 371 g/mol. The highest BCUT2D eigenvalue weighted by molar-refractivity contribution is 8.04. The molecule has 3 N–H and O–H groups in total. The van der Waals surface area contributed by atoms with Gasteiger partial charge in [0.25, 0.3) is 0 Å². The molecule has 0 radical (unpaired) electrons. The average Bonchev–Trinajstić information content (AvgIpc) is 2.99. The number of carbonyl (C=O) groups excluding carboxylic acids is 2. The van der Waals surface area contributed by atoms with Crippen LogP contribution in [0.3, 0.4) is 0 Å². The first-order valence-electron chi connectivity index (χ1n) is 6.87. The van der Waals surface area contributed by atoms with Crippen molar-refractivity contribution in [1.29, 1.82) is 0 Å². The van der Waals surface area contributed by atoms with Crippen LogP contribution in [0.1, 0.15) is 12.5 Å². The molecule has 1 heterocycles. The largest absolute Gasteiger partial charge is 0.369 e. The van der Waals surface area contributed by atoms with Crippen LogP contribution >= 0.6 is 34.9 Å². The first-order chi connectivity index (χ1) is 11.4. The minimum absolute atomic E-state index is 0.146. The predicted molar refractivity (Wildman–Crippen MR) is 93.4 cm³/mol. The van der Waals surface area contributed by atoms with Gasteiger partial charge in [0.2, 0.25) is 11.8 Å². The zero-order valence-electron chi connectivity index (χ0n) is 12.7. The lowest BCUT2D eigenvalue weighted by molar-refractivity contribution is -0.120. The van der Waals surface area contributed by atoms with Crippen molar-refractivity contribution >= 4 is 46.7 Å². The lowest BCUT2D eigenvalue weighted by Gasteiger charge is -2.10. The predicted octanol–water partition coefficient (Wildman–Crippen LogP) is 2.05. The van der Waals surface area contributed by atoms with Crippen LogP contribution in [0, 0.1) is 5.82 Å². The molecule has 0 aliphatic heterocycles. The van der Waals surface area contributed by atoms with Gasteiger partial charge >= 0.3 is 0 Å². The van der Waals surface area contributed by atoms with Crippen molar-refractivity contribution < 1.29 is 14.0 Å². The van der Waals surface area contributed by atoms with Crippen LogP contribution in [0.5, 0.6) is 0 Å². The highest BCUT2D eigenvalue weighted by Gasteiger charge is 2.17. The number of aromatic nitrogens is 2. The third-order valence-electron chi connectivity index (χ3n) is 2.75. The van der Waals surface area contributed by atoms with E-state index in [9.17, 15) is 14.0 Å². The summed E-state index contributed by atoms with van der Waals surface area (Å²) in [4.78, 5) is 22.8. The van der Waals surface area contributed by atoms with E-state index in [-0.39, 0.29) is 22.7 Å². The zero-order valence-corrected chi connectivity index (χ0v) is 15.1. The molecule has 1 atom stereocenters. The normalized spacial score (nSPS) is 11.9. The Labute approximate surface area is 150 Å². The SMILES string of the molecule is C[C@@H](Sc1nnc(SCC(N)=O)s1)C(=O)NCc1ccc(F)cc1. The molecule has 24 heavy (non-hydrogen) atoms. The number of nitrogens with two attached hydrogens (primary N) is 1. The van der Waals surface area contributed by atoms with Crippen molar-refractivity contribution in [1.82, 2.24) is 15.5 Å². The molecule has 2 amide bonds. The first-order valence-corrected chi connectivity index (χ1v) is 9.55. The number of carbonyl (C=O) groups is 2. The molecule has 128 valence electrons. The molecule has 2 aromatic rings. The van der Waals surface area contributed by atoms with E-state index in [0.29, 0.717) is 15.2 Å². The molecule has 0 fully saturated rings. The van der Waals surface area contributed by atoms with Crippen molar-refractivity contribution in [2.24, 2.45) is 5.73 Å². The standard InChI is InChI=1S/C14H15FN4O2S3/c1-8(12(21)17-6-9-2-4-10(15)5-3-9)23-14-19-18-13(24-14)22-7-11(16)20/h2-5,8H,6-7H2,1H3,(H2,16,20)(H,17,21)/t8-/m1/s1. The molecule has 2 rings (SSSR count). The maximum Gasteiger partial charge on any atom is 0.233 e. The van der Waals surface area contributed by atoms with Gasteiger partial charge in [0, 0.05) is 6.54 Å². The average molecular weight is 386 g/mol. The van der Waals surface area contributed by atoms with Crippen LogP contribution in [0.15, 0.2) is 32.9 Å². The van der Waals surface area contributed by atoms with Crippen LogP contribution in [0.2, 0.25) is 0 Å². The van der Waals surface area contributed by atoms with Crippen molar-refractivity contribution in [3.05, 3.63) is 35.6 Å². The van der Waals surface area contributed by atoms with Gasteiger partial charge in [-0.2, -0.15) is 0 Å². The summed E-state index contributed by atoms with van der Waals surface area (Å²) in [5.74, 6) is -0.730. The lowest BCUT2D eigenvalue weighted by Crippen LogP contribution is -2.30. The van der Waals surface area contributed by atoms with Gasteiger partial charge in [-0.1, -0.05) is 47.0 Å². The number of nitrogens with one attached hydrogen (secondary N) is 1. The van der Waals surface area contributed by atoms with Crippen molar-refractivity contribution in [3.8, 4) is 0 Å². The summed E-state index contributed by atoms with van der Waals surface area (Å²) in [7, 11) is 0. The van der Waals surface area contributed by atoms with E-state index in [0.717, 1.165) is 5.56 Å². The van der Waals surface area contributed by atoms with Crippen molar-refractivity contribution in [2.75, 3.05) is 5.75 Å². The summed E-state index contributed by atoms with van der Waals surface area (Å²) in [5.41, 5.74) is 5.90. The molecule has 0 saturated heterocycles. The summed E-state index contributed by atoms with van der Waals surface area (Å²) in [6.45, 7) is 2.10. The second kappa shape index (κ2) is 9.00. The summed E-state index contributed by atoms with van der Waals surface area (Å²) in [5, 5.41) is 10.4. The third-order valence-corrected chi connectivity index (χ3v) is 6.02. The van der Waals surface area contributed by atoms with E-state index in [4.69, 9.17) is 5.73 Å². The van der Waals surface area contributed by atoms with E-state index in [1.807, 2.05) is 0 Å².